The van der Waals surface area contributed by atoms with Crippen LogP contribution in [-0.4, -0.2) is 75.8 Å². The maximum absolute atomic E-state index is 12.2. The number of carbonyl (C=O) groups excluding carboxylic acids is 2. The zero-order chi connectivity index (χ0) is 19.2. The van der Waals surface area contributed by atoms with E-state index in [2.05, 4.69) is 31.1 Å². The Balaban J connectivity index is 1.59. The third kappa shape index (κ3) is 4.40. The highest BCUT2D eigenvalue weighted by Gasteiger charge is 2.28. The van der Waals surface area contributed by atoms with E-state index in [4.69, 9.17) is 0 Å². The number of piperazine rings is 1. The van der Waals surface area contributed by atoms with Crippen LogP contribution in [0.3, 0.4) is 0 Å². The number of para-hydroxylation sites is 1. The Morgan fingerprint density at radius 2 is 1.85 bits per heavy atom. The van der Waals surface area contributed by atoms with E-state index in [0.29, 0.717) is 38.7 Å². The lowest BCUT2D eigenvalue weighted by molar-refractivity contribution is -0.124. The number of imide groups is 1. The minimum atomic E-state index is -0.463. The first-order valence-corrected chi connectivity index (χ1v) is 9.01. The molecule has 3 rings (SSSR count). The maximum atomic E-state index is 12.2. The minimum absolute atomic E-state index is 0.302. The molecule has 27 heavy (non-hydrogen) atoms. The largest absolute Gasteiger partial charge is 0.338 e. The molecule has 1 atom stereocenters. The summed E-state index contributed by atoms with van der Waals surface area (Å²) in [7, 11) is 0. The number of rotatable bonds is 5. The van der Waals surface area contributed by atoms with Gasteiger partial charge < -0.3 is 10.2 Å². The molecule has 1 fully saturated rings. The molecule has 1 aliphatic rings. The van der Waals surface area contributed by atoms with Gasteiger partial charge in [0.2, 0.25) is 11.9 Å². The Labute approximate surface area is 157 Å². The van der Waals surface area contributed by atoms with Gasteiger partial charge in [-0.25, -0.2) is 4.79 Å². The van der Waals surface area contributed by atoms with Crippen LogP contribution in [-0.2, 0) is 4.79 Å². The van der Waals surface area contributed by atoms with Crippen molar-refractivity contribution in [2.24, 2.45) is 0 Å². The lowest BCUT2D eigenvalue weighted by Gasteiger charge is -2.37. The van der Waals surface area contributed by atoms with Crippen molar-refractivity contribution in [1.29, 1.82) is 0 Å². The predicted molar refractivity (Wildman–Crippen MR) is 99.6 cm³/mol. The number of carbonyl (C=O) groups is 2. The van der Waals surface area contributed by atoms with E-state index in [1.807, 2.05) is 35.2 Å². The summed E-state index contributed by atoms with van der Waals surface area (Å²) in [6, 6.07) is 8.86. The standard InChI is InChI=1S/C17H24N8O2/c1-3-18-16(27)19-15(26)13(2)23-9-11-24(12-10-23)17-20-21-22-25(17)14-7-5-4-6-8-14/h4-8,13H,3,9-12H2,1-2H3,(H2,18,19,26,27). The smallest absolute Gasteiger partial charge is 0.321 e. The molecular formula is C17H24N8O2. The minimum Gasteiger partial charge on any atom is -0.338 e. The number of nitrogens with zero attached hydrogens (tertiary/aromatic N) is 6. The summed E-state index contributed by atoms with van der Waals surface area (Å²) in [5, 5.41) is 17.0. The van der Waals surface area contributed by atoms with Crippen molar-refractivity contribution in [2.75, 3.05) is 37.6 Å². The molecule has 1 saturated heterocycles. The van der Waals surface area contributed by atoms with Crippen molar-refractivity contribution in [3.8, 4) is 5.69 Å². The first-order valence-electron chi connectivity index (χ1n) is 9.01. The molecule has 10 heteroatoms. The van der Waals surface area contributed by atoms with E-state index in [-0.39, 0.29) is 11.9 Å². The van der Waals surface area contributed by atoms with Crippen LogP contribution in [0.25, 0.3) is 5.69 Å². The Kier molecular flexibility index (Phi) is 5.97. The van der Waals surface area contributed by atoms with Crippen LogP contribution >= 0.6 is 0 Å². The van der Waals surface area contributed by atoms with Gasteiger partial charge >= 0.3 is 6.03 Å². The Morgan fingerprint density at radius 1 is 1.15 bits per heavy atom. The van der Waals surface area contributed by atoms with Gasteiger partial charge in [0, 0.05) is 32.7 Å². The fourth-order valence-electron chi connectivity index (χ4n) is 3.01. The normalized spacial score (nSPS) is 16.0. The summed E-state index contributed by atoms with van der Waals surface area (Å²) in [6.45, 7) is 6.80. The van der Waals surface area contributed by atoms with Crippen LogP contribution in [0.1, 0.15) is 13.8 Å². The number of tetrazole rings is 1. The van der Waals surface area contributed by atoms with Crippen molar-refractivity contribution in [2.45, 2.75) is 19.9 Å². The van der Waals surface area contributed by atoms with Crippen LogP contribution in [0.2, 0.25) is 0 Å². The molecule has 0 aliphatic carbocycles. The van der Waals surface area contributed by atoms with Crippen LogP contribution in [0, 0.1) is 0 Å². The van der Waals surface area contributed by atoms with Gasteiger partial charge in [-0.2, -0.15) is 4.68 Å². The zero-order valence-electron chi connectivity index (χ0n) is 15.5. The third-order valence-corrected chi connectivity index (χ3v) is 4.55. The van der Waals surface area contributed by atoms with Gasteiger partial charge in [0.15, 0.2) is 0 Å². The number of anilines is 1. The number of hydrogen-bond donors (Lipinski definition) is 2. The van der Waals surface area contributed by atoms with Crippen molar-refractivity contribution in [3.05, 3.63) is 30.3 Å². The van der Waals surface area contributed by atoms with E-state index >= 15 is 0 Å². The second kappa shape index (κ2) is 8.58. The van der Waals surface area contributed by atoms with Crippen molar-refractivity contribution < 1.29 is 9.59 Å². The second-order valence-corrected chi connectivity index (χ2v) is 6.27. The van der Waals surface area contributed by atoms with E-state index in [1.165, 1.54) is 0 Å². The lowest BCUT2D eigenvalue weighted by atomic mass is 10.2. The second-order valence-electron chi connectivity index (χ2n) is 6.27. The topological polar surface area (TPSA) is 108 Å². The first kappa shape index (κ1) is 18.8. The SMILES string of the molecule is CCNC(=O)NC(=O)C(C)N1CCN(c2nnnn2-c2ccccc2)CC1. The van der Waals surface area contributed by atoms with E-state index in [0.717, 1.165) is 5.69 Å². The molecule has 1 aromatic heterocycles. The molecule has 2 heterocycles. The summed E-state index contributed by atoms with van der Waals surface area (Å²) >= 11 is 0. The van der Waals surface area contributed by atoms with E-state index in [9.17, 15) is 9.59 Å². The summed E-state index contributed by atoms with van der Waals surface area (Å²) in [6.07, 6.45) is 0. The summed E-state index contributed by atoms with van der Waals surface area (Å²) in [5.41, 5.74) is 0.898. The molecule has 0 radical (unpaired) electrons. The molecule has 10 nitrogen and oxygen atoms in total. The fraction of sp³-hybridized carbons (Fsp3) is 0.471. The first-order chi connectivity index (χ1) is 13.1. The molecular weight excluding hydrogens is 348 g/mol. The van der Waals surface area contributed by atoms with Crippen molar-refractivity contribution >= 4 is 17.9 Å². The highest BCUT2D eigenvalue weighted by atomic mass is 16.2. The number of benzene rings is 1. The van der Waals surface area contributed by atoms with Crippen LogP contribution < -0.4 is 15.5 Å². The molecule has 144 valence electrons. The number of aromatic nitrogens is 4. The van der Waals surface area contributed by atoms with Crippen LogP contribution in [0.5, 0.6) is 0 Å². The monoisotopic (exact) mass is 372 g/mol. The van der Waals surface area contributed by atoms with Gasteiger partial charge in [-0.1, -0.05) is 23.3 Å². The number of nitrogens with one attached hydrogen (secondary N) is 2. The average molecular weight is 372 g/mol. The predicted octanol–water partition coefficient (Wildman–Crippen LogP) is 0.0185. The molecule has 1 unspecified atom stereocenters. The van der Waals surface area contributed by atoms with Crippen molar-refractivity contribution in [1.82, 2.24) is 35.7 Å². The fourth-order valence-corrected chi connectivity index (χ4v) is 3.01. The number of amides is 3. The molecule has 0 saturated carbocycles. The third-order valence-electron chi connectivity index (χ3n) is 4.55. The van der Waals surface area contributed by atoms with Gasteiger partial charge in [0.1, 0.15) is 0 Å². The summed E-state index contributed by atoms with van der Waals surface area (Å²) in [5.74, 6) is 0.379. The Morgan fingerprint density at radius 3 is 2.52 bits per heavy atom. The van der Waals surface area contributed by atoms with Crippen molar-refractivity contribution in [3.63, 3.8) is 0 Å². The number of urea groups is 1. The number of hydrogen-bond acceptors (Lipinski definition) is 7. The Hall–Kier alpha value is -3.01. The lowest BCUT2D eigenvalue weighted by Crippen LogP contribution is -2.55. The average Bonchev–Trinajstić information content (AvgIpc) is 3.18. The highest BCUT2D eigenvalue weighted by Crippen LogP contribution is 2.17. The van der Waals surface area contributed by atoms with Crippen LogP contribution in [0.15, 0.2) is 30.3 Å². The molecule has 1 aliphatic heterocycles. The molecule has 3 amide bonds. The maximum Gasteiger partial charge on any atom is 0.321 e. The van der Waals surface area contributed by atoms with E-state index in [1.54, 1.807) is 18.5 Å². The van der Waals surface area contributed by atoms with Gasteiger partial charge in [-0.15, -0.1) is 0 Å². The molecule has 2 N–H and O–H groups in total. The molecule has 0 bridgehead atoms. The molecule has 0 spiro atoms. The Bertz CT molecular complexity index is 770. The molecule has 1 aromatic carbocycles. The quantitative estimate of drug-likeness (QED) is 0.761. The van der Waals surface area contributed by atoms with Gasteiger partial charge in [-0.05, 0) is 36.4 Å². The zero-order valence-corrected chi connectivity index (χ0v) is 15.5. The highest BCUT2D eigenvalue weighted by molar-refractivity contribution is 5.96. The molecule has 2 aromatic rings. The van der Waals surface area contributed by atoms with Crippen LogP contribution in [0.4, 0.5) is 10.7 Å². The van der Waals surface area contributed by atoms with Gasteiger partial charge in [0.25, 0.3) is 0 Å². The van der Waals surface area contributed by atoms with Gasteiger partial charge in [-0.3, -0.25) is 15.0 Å². The van der Waals surface area contributed by atoms with E-state index < -0.39 is 6.03 Å². The summed E-state index contributed by atoms with van der Waals surface area (Å²) in [4.78, 5) is 27.9. The van der Waals surface area contributed by atoms with Gasteiger partial charge in [0.05, 0.1) is 11.7 Å². The summed E-state index contributed by atoms with van der Waals surface area (Å²) < 4.78 is 1.71.